The number of hydrogen-bond acceptors (Lipinski definition) is 4. The van der Waals surface area contributed by atoms with Crippen molar-refractivity contribution in [3.8, 4) is 0 Å². The van der Waals surface area contributed by atoms with E-state index in [9.17, 15) is 0 Å². The van der Waals surface area contributed by atoms with Gasteiger partial charge >= 0.3 is 0 Å². The molecule has 90 valence electrons. The Balaban J connectivity index is 2.09. The Morgan fingerprint density at radius 2 is 2.06 bits per heavy atom. The van der Waals surface area contributed by atoms with Crippen molar-refractivity contribution in [2.24, 2.45) is 0 Å². The van der Waals surface area contributed by atoms with Crippen LogP contribution in [0.1, 0.15) is 5.56 Å². The third-order valence-electron chi connectivity index (χ3n) is 2.36. The molecule has 0 aliphatic carbocycles. The van der Waals surface area contributed by atoms with Gasteiger partial charge in [0.25, 0.3) is 0 Å². The number of nitrogens with zero attached hydrogens (tertiary/aromatic N) is 2. The predicted octanol–water partition coefficient (Wildman–Crippen LogP) is 0.749. The Bertz CT molecular complexity index is 266. The second-order valence-electron chi connectivity index (χ2n) is 3.84. The summed E-state index contributed by atoms with van der Waals surface area (Å²) in [4.78, 5) is 6.29. The summed E-state index contributed by atoms with van der Waals surface area (Å²) in [6.45, 7) is 4.68. The maximum atomic E-state index is 4.96. The first kappa shape index (κ1) is 13.1. The highest BCUT2D eigenvalue weighted by Gasteiger charge is 1.99. The summed E-state index contributed by atoms with van der Waals surface area (Å²) < 4.78 is 4.96. The number of methoxy groups -OCH3 is 1. The minimum Gasteiger partial charge on any atom is -0.383 e. The van der Waals surface area contributed by atoms with E-state index in [-0.39, 0.29) is 0 Å². The molecule has 0 bridgehead atoms. The molecule has 0 atom stereocenters. The number of hydrogen-bond donors (Lipinski definition) is 1. The Morgan fingerprint density at radius 1 is 1.31 bits per heavy atom. The highest BCUT2D eigenvalue weighted by atomic mass is 16.5. The van der Waals surface area contributed by atoms with Gasteiger partial charge in [0.1, 0.15) is 0 Å². The van der Waals surface area contributed by atoms with E-state index in [0.717, 1.165) is 32.8 Å². The predicted molar refractivity (Wildman–Crippen MR) is 65.3 cm³/mol. The normalized spacial score (nSPS) is 10.9. The first-order valence-electron chi connectivity index (χ1n) is 5.60. The molecular formula is C12H21N3O. The molecule has 1 aromatic rings. The first-order valence-corrected chi connectivity index (χ1v) is 5.60. The van der Waals surface area contributed by atoms with E-state index in [2.05, 4.69) is 34.4 Å². The van der Waals surface area contributed by atoms with Crippen molar-refractivity contribution >= 4 is 0 Å². The van der Waals surface area contributed by atoms with Gasteiger partial charge in [-0.2, -0.15) is 0 Å². The zero-order chi connectivity index (χ0) is 11.6. The number of aromatic nitrogens is 1. The van der Waals surface area contributed by atoms with Crippen molar-refractivity contribution in [3.05, 3.63) is 30.1 Å². The zero-order valence-electron chi connectivity index (χ0n) is 10.1. The molecule has 0 saturated carbocycles. The monoisotopic (exact) mass is 223 g/mol. The van der Waals surface area contributed by atoms with Crippen LogP contribution >= 0.6 is 0 Å². The summed E-state index contributed by atoms with van der Waals surface area (Å²) >= 11 is 0. The molecule has 0 aromatic carbocycles. The van der Waals surface area contributed by atoms with E-state index in [1.165, 1.54) is 5.56 Å². The number of ether oxygens (including phenoxy) is 1. The minimum absolute atomic E-state index is 0.772. The second-order valence-corrected chi connectivity index (χ2v) is 3.84. The SMILES string of the molecule is COCCNCCN(C)Cc1ccncc1. The van der Waals surface area contributed by atoms with Gasteiger partial charge in [0, 0.05) is 45.7 Å². The fraction of sp³-hybridized carbons (Fsp3) is 0.583. The van der Waals surface area contributed by atoms with Crippen molar-refractivity contribution in [1.82, 2.24) is 15.2 Å². The maximum absolute atomic E-state index is 4.96. The molecule has 0 aliphatic rings. The lowest BCUT2D eigenvalue weighted by atomic mass is 10.2. The molecule has 1 rings (SSSR count). The molecule has 0 saturated heterocycles. The Morgan fingerprint density at radius 3 is 2.75 bits per heavy atom. The number of likely N-dealkylation sites (N-methyl/N-ethyl adjacent to an activating group) is 1. The average Bonchev–Trinajstić information content (AvgIpc) is 2.30. The molecule has 0 amide bonds. The first-order chi connectivity index (χ1) is 7.83. The lowest BCUT2D eigenvalue weighted by Crippen LogP contribution is -2.30. The van der Waals surface area contributed by atoms with Crippen LogP contribution in [0.3, 0.4) is 0 Å². The second kappa shape index (κ2) is 8.21. The van der Waals surface area contributed by atoms with E-state index >= 15 is 0 Å². The fourth-order valence-corrected chi connectivity index (χ4v) is 1.45. The molecule has 1 N–H and O–H groups in total. The van der Waals surface area contributed by atoms with Crippen LogP contribution in [0, 0.1) is 0 Å². The summed E-state index contributed by atoms with van der Waals surface area (Å²) in [5.41, 5.74) is 1.30. The van der Waals surface area contributed by atoms with Gasteiger partial charge in [0.2, 0.25) is 0 Å². The molecule has 0 radical (unpaired) electrons. The van der Waals surface area contributed by atoms with Crippen molar-refractivity contribution < 1.29 is 4.74 Å². The summed E-state index contributed by atoms with van der Waals surface area (Å²) in [6.07, 6.45) is 3.67. The van der Waals surface area contributed by atoms with Crippen LogP contribution in [0.4, 0.5) is 0 Å². The smallest absolute Gasteiger partial charge is 0.0587 e. The quantitative estimate of drug-likeness (QED) is 0.660. The maximum Gasteiger partial charge on any atom is 0.0587 e. The van der Waals surface area contributed by atoms with Gasteiger partial charge in [-0.1, -0.05) is 0 Å². The topological polar surface area (TPSA) is 37.4 Å². The van der Waals surface area contributed by atoms with Crippen molar-refractivity contribution in [1.29, 1.82) is 0 Å². The van der Waals surface area contributed by atoms with E-state index in [4.69, 9.17) is 4.74 Å². The van der Waals surface area contributed by atoms with Crippen molar-refractivity contribution in [2.45, 2.75) is 6.54 Å². The van der Waals surface area contributed by atoms with Gasteiger partial charge in [-0.15, -0.1) is 0 Å². The van der Waals surface area contributed by atoms with E-state index in [1.54, 1.807) is 7.11 Å². The minimum atomic E-state index is 0.772. The average molecular weight is 223 g/mol. The van der Waals surface area contributed by atoms with Gasteiger partial charge in [-0.3, -0.25) is 4.98 Å². The lowest BCUT2D eigenvalue weighted by Gasteiger charge is -2.16. The van der Waals surface area contributed by atoms with Gasteiger partial charge in [-0.05, 0) is 24.7 Å². The number of pyridine rings is 1. The van der Waals surface area contributed by atoms with Crippen LogP contribution < -0.4 is 5.32 Å². The van der Waals surface area contributed by atoms with Gasteiger partial charge in [0.05, 0.1) is 6.61 Å². The molecule has 0 fully saturated rings. The van der Waals surface area contributed by atoms with Gasteiger partial charge in [-0.25, -0.2) is 0 Å². The largest absolute Gasteiger partial charge is 0.383 e. The van der Waals surface area contributed by atoms with E-state index < -0.39 is 0 Å². The highest BCUT2D eigenvalue weighted by Crippen LogP contribution is 1.99. The third-order valence-corrected chi connectivity index (χ3v) is 2.36. The third kappa shape index (κ3) is 5.80. The Kier molecular flexibility index (Phi) is 6.72. The molecule has 0 aliphatic heterocycles. The van der Waals surface area contributed by atoms with Crippen molar-refractivity contribution in [3.63, 3.8) is 0 Å². The molecule has 1 aromatic heterocycles. The summed E-state index contributed by atoms with van der Waals surface area (Å²) in [6, 6.07) is 4.10. The van der Waals surface area contributed by atoms with Crippen LogP contribution in [-0.4, -0.2) is 50.3 Å². The van der Waals surface area contributed by atoms with Gasteiger partial charge < -0.3 is 15.0 Å². The van der Waals surface area contributed by atoms with Crippen molar-refractivity contribution in [2.75, 3.05) is 40.4 Å². The van der Waals surface area contributed by atoms with Crippen LogP contribution in [-0.2, 0) is 11.3 Å². The molecule has 4 heteroatoms. The molecule has 16 heavy (non-hydrogen) atoms. The van der Waals surface area contributed by atoms with Crippen LogP contribution in [0.25, 0.3) is 0 Å². The Hall–Kier alpha value is -0.970. The molecular weight excluding hydrogens is 202 g/mol. The molecule has 0 unspecified atom stereocenters. The summed E-state index contributed by atoms with van der Waals surface area (Å²) in [5, 5.41) is 3.32. The summed E-state index contributed by atoms with van der Waals surface area (Å²) in [7, 11) is 3.84. The van der Waals surface area contributed by atoms with E-state index in [0.29, 0.717) is 0 Å². The lowest BCUT2D eigenvalue weighted by molar-refractivity contribution is 0.197. The number of rotatable bonds is 8. The zero-order valence-corrected chi connectivity index (χ0v) is 10.1. The van der Waals surface area contributed by atoms with E-state index in [1.807, 2.05) is 12.4 Å². The molecule has 4 nitrogen and oxygen atoms in total. The fourth-order valence-electron chi connectivity index (χ4n) is 1.45. The number of nitrogens with one attached hydrogen (secondary N) is 1. The molecule has 0 spiro atoms. The standard InChI is InChI=1S/C12H21N3O/c1-15(9-7-14-8-10-16-2)11-12-3-5-13-6-4-12/h3-6,14H,7-11H2,1-2H3. The van der Waals surface area contributed by atoms with Crippen LogP contribution in [0.2, 0.25) is 0 Å². The van der Waals surface area contributed by atoms with Gasteiger partial charge in [0.15, 0.2) is 0 Å². The Labute approximate surface area is 97.6 Å². The van der Waals surface area contributed by atoms with Crippen LogP contribution in [0.5, 0.6) is 0 Å². The van der Waals surface area contributed by atoms with Crippen LogP contribution in [0.15, 0.2) is 24.5 Å². The molecule has 1 heterocycles. The highest BCUT2D eigenvalue weighted by molar-refractivity contribution is 5.09. The summed E-state index contributed by atoms with van der Waals surface area (Å²) in [5.74, 6) is 0.